The Hall–Kier alpha value is -1.26. The van der Waals surface area contributed by atoms with E-state index >= 15 is 0 Å². The quantitative estimate of drug-likeness (QED) is 0.838. The van der Waals surface area contributed by atoms with Crippen LogP contribution in [0, 0.1) is 11.8 Å². The highest BCUT2D eigenvalue weighted by molar-refractivity contribution is 5.80. The zero-order valence-corrected chi connectivity index (χ0v) is 12.5. The Kier molecular flexibility index (Phi) is 4.82. The van der Waals surface area contributed by atoms with Gasteiger partial charge >= 0.3 is 12.1 Å². The van der Waals surface area contributed by atoms with Gasteiger partial charge < -0.3 is 9.84 Å². The first-order chi connectivity index (χ1) is 8.61. The van der Waals surface area contributed by atoms with E-state index in [0.29, 0.717) is 24.8 Å². The predicted molar refractivity (Wildman–Crippen MR) is 71.9 cm³/mol. The fourth-order valence-corrected chi connectivity index (χ4v) is 2.37. The number of ether oxygens (including phenoxy) is 1. The number of carbonyl (C=O) groups excluding carboxylic acids is 1. The number of carboxylic acid groups (broad SMARTS) is 1. The number of nitrogens with zero attached hydrogens (tertiary/aromatic N) is 1. The van der Waals surface area contributed by atoms with Crippen molar-refractivity contribution in [3.05, 3.63) is 0 Å². The lowest BCUT2D eigenvalue weighted by atomic mass is 9.83. The molecule has 0 radical (unpaired) electrons. The number of rotatable bonds is 2. The molecule has 1 amide bonds. The van der Waals surface area contributed by atoms with E-state index < -0.39 is 23.7 Å². The number of carboxylic acids is 1. The molecule has 5 heteroatoms. The second-order valence-electron chi connectivity index (χ2n) is 6.56. The third kappa shape index (κ3) is 4.40. The van der Waals surface area contributed by atoms with E-state index in [2.05, 4.69) is 13.8 Å². The molecule has 1 heterocycles. The molecule has 1 aliphatic heterocycles. The predicted octanol–water partition coefficient (Wildman–Crippen LogP) is 2.74. The van der Waals surface area contributed by atoms with Crippen LogP contribution in [0.3, 0.4) is 0 Å². The van der Waals surface area contributed by atoms with Crippen LogP contribution in [-0.4, -0.2) is 40.3 Å². The normalized spacial score (nSPS) is 24.4. The van der Waals surface area contributed by atoms with Crippen molar-refractivity contribution in [2.75, 3.05) is 6.54 Å². The minimum atomic E-state index is -0.948. The van der Waals surface area contributed by atoms with Gasteiger partial charge in [0.15, 0.2) is 0 Å². The molecular weight excluding hydrogens is 246 g/mol. The molecule has 5 nitrogen and oxygen atoms in total. The number of hydrogen-bond acceptors (Lipinski definition) is 3. The van der Waals surface area contributed by atoms with Crippen molar-refractivity contribution in [3.8, 4) is 0 Å². The largest absolute Gasteiger partial charge is 0.480 e. The lowest BCUT2D eigenvalue weighted by molar-refractivity contribution is -0.145. The van der Waals surface area contributed by atoms with Gasteiger partial charge in [0.2, 0.25) is 0 Å². The van der Waals surface area contributed by atoms with Crippen LogP contribution in [0.25, 0.3) is 0 Å². The Balaban J connectivity index is 2.77. The van der Waals surface area contributed by atoms with E-state index in [4.69, 9.17) is 4.74 Å². The van der Waals surface area contributed by atoms with E-state index in [1.54, 1.807) is 20.8 Å². The van der Waals surface area contributed by atoms with Crippen LogP contribution in [-0.2, 0) is 9.53 Å². The van der Waals surface area contributed by atoms with Crippen molar-refractivity contribution < 1.29 is 19.4 Å². The van der Waals surface area contributed by atoms with Crippen LogP contribution < -0.4 is 0 Å². The molecule has 19 heavy (non-hydrogen) atoms. The van der Waals surface area contributed by atoms with Crippen LogP contribution in [0.4, 0.5) is 4.79 Å². The monoisotopic (exact) mass is 271 g/mol. The van der Waals surface area contributed by atoms with Gasteiger partial charge in [0, 0.05) is 6.54 Å². The summed E-state index contributed by atoms with van der Waals surface area (Å²) in [5, 5.41) is 9.31. The summed E-state index contributed by atoms with van der Waals surface area (Å²) in [5.74, 6) is -0.168. The fraction of sp³-hybridized carbons (Fsp3) is 0.857. The van der Waals surface area contributed by atoms with Gasteiger partial charge in [-0.3, -0.25) is 4.90 Å². The third-order valence-electron chi connectivity index (χ3n) is 3.50. The lowest BCUT2D eigenvalue weighted by Crippen LogP contribution is -2.52. The van der Waals surface area contributed by atoms with Crippen molar-refractivity contribution >= 4 is 12.1 Å². The number of hydrogen-bond donors (Lipinski definition) is 1. The Bertz CT molecular complexity index is 346. The summed E-state index contributed by atoms with van der Waals surface area (Å²) in [6, 6.07) is -0.768. The van der Waals surface area contributed by atoms with Crippen molar-refractivity contribution in [3.63, 3.8) is 0 Å². The molecule has 0 aromatic heterocycles. The Morgan fingerprint density at radius 1 is 1.32 bits per heavy atom. The van der Waals surface area contributed by atoms with Crippen LogP contribution in [0.1, 0.15) is 47.5 Å². The summed E-state index contributed by atoms with van der Waals surface area (Å²) < 4.78 is 5.28. The van der Waals surface area contributed by atoms with Gasteiger partial charge in [0.25, 0.3) is 0 Å². The maximum atomic E-state index is 12.0. The Morgan fingerprint density at radius 3 is 2.32 bits per heavy atom. The fourth-order valence-electron chi connectivity index (χ4n) is 2.37. The summed E-state index contributed by atoms with van der Waals surface area (Å²) in [7, 11) is 0. The summed E-state index contributed by atoms with van der Waals surface area (Å²) >= 11 is 0. The molecule has 0 aromatic carbocycles. The van der Waals surface area contributed by atoms with Crippen molar-refractivity contribution in [2.45, 2.75) is 59.1 Å². The molecule has 0 aromatic rings. The van der Waals surface area contributed by atoms with Crippen molar-refractivity contribution in [1.82, 2.24) is 4.90 Å². The van der Waals surface area contributed by atoms with E-state index in [1.165, 1.54) is 4.90 Å². The molecule has 0 bridgehead atoms. The molecule has 0 unspecified atom stereocenters. The minimum Gasteiger partial charge on any atom is -0.480 e. The molecule has 1 saturated heterocycles. The van der Waals surface area contributed by atoms with Crippen LogP contribution in [0.2, 0.25) is 0 Å². The van der Waals surface area contributed by atoms with Gasteiger partial charge in [-0.25, -0.2) is 9.59 Å². The first-order valence-electron chi connectivity index (χ1n) is 6.84. The SMILES string of the molecule is CC(C)[C@@H]1CCN(C(=O)OC(C)(C)C)[C@@H](C(=O)O)C1. The molecule has 1 aliphatic rings. The molecule has 0 spiro atoms. The zero-order valence-electron chi connectivity index (χ0n) is 12.5. The van der Waals surface area contributed by atoms with E-state index in [9.17, 15) is 14.7 Å². The van der Waals surface area contributed by atoms with Crippen LogP contribution in [0.5, 0.6) is 0 Å². The van der Waals surface area contributed by atoms with Gasteiger partial charge in [-0.15, -0.1) is 0 Å². The molecule has 1 rings (SSSR count). The van der Waals surface area contributed by atoms with Crippen molar-refractivity contribution in [1.29, 1.82) is 0 Å². The van der Waals surface area contributed by atoms with E-state index in [0.717, 1.165) is 6.42 Å². The van der Waals surface area contributed by atoms with Gasteiger partial charge in [0.1, 0.15) is 11.6 Å². The summed E-state index contributed by atoms with van der Waals surface area (Å²) in [6.07, 6.45) is 0.814. The number of carbonyl (C=O) groups is 2. The number of amides is 1. The molecule has 110 valence electrons. The van der Waals surface area contributed by atoms with Crippen molar-refractivity contribution in [2.24, 2.45) is 11.8 Å². The Morgan fingerprint density at radius 2 is 1.89 bits per heavy atom. The van der Waals surface area contributed by atoms with E-state index in [-0.39, 0.29) is 0 Å². The topological polar surface area (TPSA) is 66.8 Å². The van der Waals surface area contributed by atoms with Crippen LogP contribution in [0.15, 0.2) is 0 Å². The second kappa shape index (κ2) is 5.80. The highest BCUT2D eigenvalue weighted by Gasteiger charge is 2.38. The average Bonchev–Trinajstić information content (AvgIpc) is 2.25. The highest BCUT2D eigenvalue weighted by Crippen LogP contribution is 2.29. The van der Waals surface area contributed by atoms with Gasteiger partial charge in [0.05, 0.1) is 0 Å². The summed E-state index contributed by atoms with van der Waals surface area (Å²) in [6.45, 7) is 9.97. The molecular formula is C14H25NO4. The first-order valence-corrected chi connectivity index (χ1v) is 6.84. The molecule has 0 aliphatic carbocycles. The minimum absolute atomic E-state index is 0.347. The number of likely N-dealkylation sites (tertiary alicyclic amines) is 1. The van der Waals surface area contributed by atoms with E-state index in [1.807, 2.05) is 0 Å². The molecule has 1 fully saturated rings. The zero-order chi connectivity index (χ0) is 14.8. The van der Waals surface area contributed by atoms with Gasteiger partial charge in [-0.2, -0.15) is 0 Å². The molecule has 0 saturated carbocycles. The lowest BCUT2D eigenvalue weighted by Gasteiger charge is -2.39. The standard InChI is InChI=1S/C14H25NO4/c1-9(2)10-6-7-15(11(8-10)12(16)17)13(18)19-14(3,4)5/h9-11H,6-8H2,1-5H3,(H,16,17)/t10-,11-/m1/s1. The van der Waals surface area contributed by atoms with Gasteiger partial charge in [-0.1, -0.05) is 13.8 Å². The number of piperidine rings is 1. The second-order valence-corrected chi connectivity index (χ2v) is 6.56. The van der Waals surface area contributed by atoms with Crippen LogP contribution >= 0.6 is 0 Å². The maximum absolute atomic E-state index is 12.0. The average molecular weight is 271 g/mol. The molecule has 2 atom stereocenters. The smallest absolute Gasteiger partial charge is 0.411 e. The maximum Gasteiger partial charge on any atom is 0.411 e. The number of aliphatic carboxylic acids is 1. The highest BCUT2D eigenvalue weighted by atomic mass is 16.6. The summed E-state index contributed by atoms with van der Waals surface area (Å²) in [4.78, 5) is 24.8. The Labute approximate surface area is 114 Å². The van der Waals surface area contributed by atoms with Gasteiger partial charge in [-0.05, 0) is 45.4 Å². The first kappa shape index (κ1) is 15.8. The third-order valence-corrected chi connectivity index (χ3v) is 3.50. The molecule has 1 N–H and O–H groups in total. The summed E-state index contributed by atoms with van der Waals surface area (Å²) in [5.41, 5.74) is -0.602.